The van der Waals surface area contributed by atoms with Crippen molar-refractivity contribution in [1.29, 1.82) is 0 Å². The Labute approximate surface area is 202 Å². The van der Waals surface area contributed by atoms with E-state index in [1.54, 1.807) is 19.1 Å². The molecule has 0 fully saturated rings. The van der Waals surface area contributed by atoms with Gasteiger partial charge in [-0.15, -0.1) is 0 Å². The summed E-state index contributed by atoms with van der Waals surface area (Å²) in [6.45, 7) is 2.85. The molecule has 1 aliphatic heterocycles. The van der Waals surface area contributed by atoms with E-state index in [1.807, 2.05) is 65.6 Å². The molecule has 170 valence electrons. The molecular weight excluding hydrogens is 450 g/mol. The fourth-order valence-corrected chi connectivity index (χ4v) is 4.47. The lowest BCUT2D eigenvalue weighted by molar-refractivity contribution is 0.0734. The first-order valence-electron chi connectivity index (χ1n) is 11.0. The van der Waals surface area contributed by atoms with Crippen LogP contribution in [0.4, 0.5) is 5.69 Å². The van der Waals surface area contributed by atoms with Crippen molar-refractivity contribution in [3.05, 3.63) is 106 Å². The molecular formula is C27H22ClN3O3. The second kappa shape index (κ2) is 9.15. The molecule has 2 heterocycles. The Morgan fingerprint density at radius 1 is 1.00 bits per heavy atom. The van der Waals surface area contributed by atoms with E-state index in [2.05, 4.69) is 10.5 Å². The van der Waals surface area contributed by atoms with Crippen LogP contribution in [0.5, 0.6) is 0 Å². The number of benzene rings is 3. The third-order valence-electron chi connectivity index (χ3n) is 6.00. The minimum atomic E-state index is -0.332. The molecule has 1 aromatic heterocycles. The SMILES string of the molecule is Cc1onc(-c2ccccc2Cl)c1C(=O)Nc1ccc2c(c1)CN(C(=O)c1ccccc1)CC2. The summed E-state index contributed by atoms with van der Waals surface area (Å²) in [4.78, 5) is 27.9. The topological polar surface area (TPSA) is 75.4 Å². The molecule has 0 aliphatic carbocycles. The summed E-state index contributed by atoms with van der Waals surface area (Å²) in [5.41, 5.74) is 4.88. The van der Waals surface area contributed by atoms with Crippen LogP contribution in [0.3, 0.4) is 0 Å². The molecule has 0 saturated carbocycles. The fourth-order valence-electron chi connectivity index (χ4n) is 4.24. The van der Waals surface area contributed by atoms with Gasteiger partial charge in [-0.25, -0.2) is 0 Å². The van der Waals surface area contributed by atoms with Gasteiger partial charge in [0.2, 0.25) is 0 Å². The standard InChI is InChI=1S/C27H22ClN3O3/c1-17-24(25(30-34-17)22-9-5-6-10-23(22)28)26(32)29-21-12-11-18-13-14-31(16-20(18)15-21)27(33)19-7-3-2-4-8-19/h2-12,15H,13-14,16H2,1H3,(H,29,32). The highest BCUT2D eigenvalue weighted by Gasteiger charge is 2.25. The molecule has 2 amide bonds. The maximum Gasteiger partial charge on any atom is 0.261 e. The summed E-state index contributed by atoms with van der Waals surface area (Å²) in [6.07, 6.45) is 0.767. The van der Waals surface area contributed by atoms with Gasteiger partial charge >= 0.3 is 0 Å². The summed E-state index contributed by atoms with van der Waals surface area (Å²) >= 11 is 6.32. The highest BCUT2D eigenvalue weighted by atomic mass is 35.5. The van der Waals surface area contributed by atoms with Gasteiger partial charge in [-0.3, -0.25) is 9.59 Å². The van der Waals surface area contributed by atoms with Crippen molar-refractivity contribution in [1.82, 2.24) is 10.1 Å². The number of nitrogens with zero attached hydrogens (tertiary/aromatic N) is 2. The van der Waals surface area contributed by atoms with Gasteiger partial charge < -0.3 is 14.7 Å². The maximum atomic E-state index is 13.2. The molecule has 3 aromatic carbocycles. The molecule has 34 heavy (non-hydrogen) atoms. The predicted octanol–water partition coefficient (Wildman–Crippen LogP) is 5.75. The van der Waals surface area contributed by atoms with Crippen LogP contribution in [-0.2, 0) is 13.0 Å². The second-order valence-electron chi connectivity index (χ2n) is 8.22. The van der Waals surface area contributed by atoms with Crippen molar-refractivity contribution in [2.75, 3.05) is 11.9 Å². The molecule has 5 rings (SSSR count). The zero-order chi connectivity index (χ0) is 23.7. The number of amides is 2. The maximum absolute atomic E-state index is 13.2. The molecule has 1 N–H and O–H groups in total. The number of nitrogens with one attached hydrogen (secondary N) is 1. The van der Waals surface area contributed by atoms with Gasteiger partial charge in [-0.2, -0.15) is 0 Å². The Bertz CT molecular complexity index is 1380. The average molecular weight is 472 g/mol. The van der Waals surface area contributed by atoms with Crippen LogP contribution in [-0.4, -0.2) is 28.4 Å². The van der Waals surface area contributed by atoms with Gasteiger partial charge in [0, 0.05) is 29.9 Å². The molecule has 0 spiro atoms. The van der Waals surface area contributed by atoms with Crippen molar-refractivity contribution >= 4 is 29.1 Å². The monoisotopic (exact) mass is 471 g/mol. The smallest absolute Gasteiger partial charge is 0.261 e. The first-order chi connectivity index (χ1) is 16.5. The number of rotatable bonds is 4. The van der Waals surface area contributed by atoms with Crippen LogP contribution >= 0.6 is 11.6 Å². The van der Waals surface area contributed by atoms with Crippen LogP contribution in [0.15, 0.2) is 77.3 Å². The summed E-state index contributed by atoms with van der Waals surface area (Å²) in [5.74, 6) is 0.0804. The Morgan fingerprint density at radius 3 is 2.56 bits per heavy atom. The van der Waals surface area contributed by atoms with Crippen LogP contribution in [0.1, 0.15) is 37.6 Å². The van der Waals surface area contributed by atoms with Crippen molar-refractivity contribution in [2.45, 2.75) is 19.9 Å². The minimum Gasteiger partial charge on any atom is -0.360 e. The van der Waals surface area contributed by atoms with Crippen molar-refractivity contribution in [3.8, 4) is 11.3 Å². The van der Waals surface area contributed by atoms with E-state index >= 15 is 0 Å². The van der Waals surface area contributed by atoms with Crippen molar-refractivity contribution in [3.63, 3.8) is 0 Å². The summed E-state index contributed by atoms with van der Waals surface area (Å²) in [6, 6.07) is 22.3. The van der Waals surface area contributed by atoms with Gasteiger partial charge in [-0.05, 0) is 54.8 Å². The fraction of sp³-hybridized carbons (Fsp3) is 0.148. The molecule has 7 heteroatoms. The quantitative estimate of drug-likeness (QED) is 0.411. The third-order valence-corrected chi connectivity index (χ3v) is 6.33. The molecule has 0 unspecified atom stereocenters. The van der Waals surface area contributed by atoms with Gasteiger partial charge in [0.05, 0.1) is 5.02 Å². The van der Waals surface area contributed by atoms with E-state index in [9.17, 15) is 9.59 Å². The number of hydrogen-bond acceptors (Lipinski definition) is 4. The number of fused-ring (bicyclic) bond motifs is 1. The first kappa shape index (κ1) is 21.9. The Balaban J connectivity index is 1.38. The van der Waals surface area contributed by atoms with Crippen LogP contribution < -0.4 is 5.32 Å². The third kappa shape index (κ3) is 4.20. The Kier molecular flexibility index (Phi) is 5.90. The number of carbonyl (C=O) groups excluding carboxylic acids is 2. The van der Waals surface area contributed by atoms with Crippen LogP contribution in [0, 0.1) is 6.92 Å². The van der Waals surface area contributed by atoms with E-state index in [-0.39, 0.29) is 11.8 Å². The molecule has 0 atom stereocenters. The van der Waals surface area contributed by atoms with Crippen LogP contribution in [0.25, 0.3) is 11.3 Å². The lowest BCUT2D eigenvalue weighted by Gasteiger charge is -2.29. The number of anilines is 1. The van der Waals surface area contributed by atoms with Crippen molar-refractivity contribution in [2.24, 2.45) is 0 Å². The lowest BCUT2D eigenvalue weighted by Crippen LogP contribution is -2.36. The largest absolute Gasteiger partial charge is 0.360 e. The highest BCUT2D eigenvalue weighted by Crippen LogP contribution is 2.32. The number of aromatic nitrogens is 1. The second-order valence-corrected chi connectivity index (χ2v) is 8.63. The molecule has 4 aromatic rings. The van der Waals surface area contributed by atoms with Gasteiger partial charge in [-0.1, -0.05) is 59.2 Å². The number of carbonyl (C=O) groups is 2. The highest BCUT2D eigenvalue weighted by molar-refractivity contribution is 6.33. The predicted molar refractivity (Wildman–Crippen MR) is 131 cm³/mol. The lowest BCUT2D eigenvalue weighted by atomic mass is 9.98. The molecule has 0 bridgehead atoms. The van der Waals surface area contributed by atoms with E-state index < -0.39 is 0 Å². The Morgan fingerprint density at radius 2 is 1.76 bits per heavy atom. The minimum absolute atomic E-state index is 0.00478. The normalized spacial score (nSPS) is 12.8. The first-order valence-corrected chi connectivity index (χ1v) is 11.4. The van der Waals surface area contributed by atoms with Crippen LogP contribution in [0.2, 0.25) is 5.02 Å². The van der Waals surface area contributed by atoms with Gasteiger partial charge in [0.15, 0.2) is 0 Å². The zero-order valence-corrected chi connectivity index (χ0v) is 19.3. The zero-order valence-electron chi connectivity index (χ0n) is 18.5. The van der Waals surface area contributed by atoms with E-state index in [4.69, 9.17) is 16.1 Å². The number of aryl methyl sites for hydroxylation is 1. The van der Waals surface area contributed by atoms with Crippen molar-refractivity contribution < 1.29 is 14.1 Å². The van der Waals surface area contributed by atoms with Gasteiger partial charge in [0.25, 0.3) is 11.8 Å². The average Bonchev–Trinajstić information content (AvgIpc) is 3.25. The molecule has 0 saturated heterocycles. The molecule has 1 aliphatic rings. The number of halogens is 1. The summed E-state index contributed by atoms with van der Waals surface area (Å²) in [7, 11) is 0. The molecule has 0 radical (unpaired) electrons. The summed E-state index contributed by atoms with van der Waals surface area (Å²) < 4.78 is 5.32. The molecule has 6 nitrogen and oxygen atoms in total. The van der Waals surface area contributed by atoms with Gasteiger partial charge in [0.1, 0.15) is 17.0 Å². The Hall–Kier alpha value is -3.90. The van der Waals surface area contributed by atoms with E-state index in [1.165, 1.54) is 5.56 Å². The number of hydrogen-bond donors (Lipinski definition) is 1. The van der Waals surface area contributed by atoms with E-state index in [0.29, 0.717) is 51.9 Å². The van der Waals surface area contributed by atoms with E-state index in [0.717, 1.165) is 12.0 Å². The summed E-state index contributed by atoms with van der Waals surface area (Å²) in [5, 5.41) is 7.52.